The molecule has 1 fully saturated rings. The van der Waals surface area contributed by atoms with Gasteiger partial charge in [-0.15, -0.1) is 0 Å². The van der Waals surface area contributed by atoms with Crippen molar-refractivity contribution in [2.45, 2.75) is 6.10 Å². The predicted molar refractivity (Wildman–Crippen MR) is 67.8 cm³/mol. The maximum Gasteiger partial charge on any atom is 0.254 e. The monoisotopic (exact) mass is 270 g/mol. The molecule has 6 heteroatoms. The van der Waals surface area contributed by atoms with E-state index in [4.69, 9.17) is 22.1 Å². The summed E-state index contributed by atoms with van der Waals surface area (Å²) in [5.74, 6) is -0.159. The molecule has 1 aromatic carbocycles. The number of amides is 1. The molecule has 1 heterocycles. The van der Waals surface area contributed by atoms with Crippen LogP contribution in [0, 0.1) is 0 Å². The minimum absolute atomic E-state index is 0.0324. The highest BCUT2D eigenvalue weighted by atomic mass is 35.5. The summed E-state index contributed by atoms with van der Waals surface area (Å²) in [7, 11) is 0. The van der Waals surface area contributed by atoms with Crippen molar-refractivity contribution in [2.24, 2.45) is 5.73 Å². The van der Waals surface area contributed by atoms with Gasteiger partial charge in [-0.1, -0.05) is 11.6 Å². The van der Waals surface area contributed by atoms with E-state index in [1.165, 1.54) is 12.1 Å². The highest BCUT2D eigenvalue weighted by Gasteiger charge is 2.24. The molecule has 1 aliphatic rings. The van der Waals surface area contributed by atoms with Crippen molar-refractivity contribution in [3.8, 4) is 5.75 Å². The average molecular weight is 271 g/mol. The number of halogens is 1. The second-order valence-electron chi connectivity index (χ2n) is 4.15. The Labute approximate surface area is 110 Å². The summed E-state index contributed by atoms with van der Waals surface area (Å²) < 4.78 is 5.40. The molecule has 5 nitrogen and oxygen atoms in total. The molecule has 1 unspecified atom stereocenters. The SMILES string of the molecule is NCC1CN(C(=O)c2ccc(O)c(Cl)c2)CCO1. The van der Waals surface area contributed by atoms with Crippen LogP contribution in [0.1, 0.15) is 10.4 Å². The molecule has 1 saturated heterocycles. The van der Waals surface area contributed by atoms with Crippen molar-refractivity contribution in [3.05, 3.63) is 28.8 Å². The first-order valence-electron chi connectivity index (χ1n) is 5.71. The molecule has 0 spiro atoms. The van der Waals surface area contributed by atoms with E-state index in [9.17, 15) is 9.90 Å². The van der Waals surface area contributed by atoms with Gasteiger partial charge in [0.05, 0.1) is 17.7 Å². The molecular formula is C12H15ClN2O3. The normalized spacial score (nSPS) is 19.9. The smallest absolute Gasteiger partial charge is 0.254 e. The van der Waals surface area contributed by atoms with Crippen LogP contribution < -0.4 is 5.73 Å². The molecule has 0 aromatic heterocycles. The number of nitrogens with zero attached hydrogens (tertiary/aromatic N) is 1. The summed E-state index contributed by atoms with van der Waals surface area (Å²) in [6.45, 7) is 1.89. The first-order chi connectivity index (χ1) is 8.61. The van der Waals surface area contributed by atoms with E-state index in [0.29, 0.717) is 31.8 Å². The molecule has 0 radical (unpaired) electrons. The Bertz CT molecular complexity index is 453. The molecule has 0 bridgehead atoms. The van der Waals surface area contributed by atoms with Crippen LogP contribution in [0.4, 0.5) is 0 Å². The van der Waals surface area contributed by atoms with E-state index in [-0.39, 0.29) is 22.8 Å². The van der Waals surface area contributed by atoms with E-state index in [1.807, 2.05) is 0 Å². The van der Waals surface area contributed by atoms with E-state index in [2.05, 4.69) is 0 Å². The second-order valence-corrected chi connectivity index (χ2v) is 4.55. The van der Waals surface area contributed by atoms with Gasteiger partial charge >= 0.3 is 0 Å². The summed E-state index contributed by atoms with van der Waals surface area (Å²) in [6.07, 6.45) is -0.115. The number of benzene rings is 1. The number of morpholine rings is 1. The van der Waals surface area contributed by atoms with Gasteiger partial charge in [0.2, 0.25) is 0 Å². The number of aromatic hydroxyl groups is 1. The zero-order chi connectivity index (χ0) is 13.1. The van der Waals surface area contributed by atoms with Crippen LogP contribution in [0.5, 0.6) is 5.75 Å². The summed E-state index contributed by atoms with van der Waals surface area (Å²) in [4.78, 5) is 13.9. The third-order valence-corrected chi connectivity index (χ3v) is 3.19. The van der Waals surface area contributed by atoms with Crippen LogP contribution in [0.15, 0.2) is 18.2 Å². The first-order valence-corrected chi connectivity index (χ1v) is 6.09. The second kappa shape index (κ2) is 5.56. The lowest BCUT2D eigenvalue weighted by Gasteiger charge is -2.32. The lowest BCUT2D eigenvalue weighted by atomic mass is 10.1. The maximum atomic E-state index is 12.2. The number of phenols is 1. The number of carbonyl (C=O) groups excluding carboxylic acids is 1. The van der Waals surface area contributed by atoms with Gasteiger partial charge in [-0.2, -0.15) is 0 Å². The quantitative estimate of drug-likeness (QED) is 0.835. The number of hydrogen-bond donors (Lipinski definition) is 2. The Hall–Kier alpha value is -1.30. The molecule has 1 amide bonds. The highest BCUT2D eigenvalue weighted by molar-refractivity contribution is 6.32. The molecule has 18 heavy (non-hydrogen) atoms. The fourth-order valence-corrected chi connectivity index (χ4v) is 2.05. The zero-order valence-electron chi connectivity index (χ0n) is 9.80. The largest absolute Gasteiger partial charge is 0.506 e. The van der Waals surface area contributed by atoms with Gasteiger partial charge in [-0.3, -0.25) is 4.79 Å². The fourth-order valence-electron chi connectivity index (χ4n) is 1.87. The molecule has 1 aliphatic heterocycles. The van der Waals surface area contributed by atoms with Gasteiger partial charge in [-0.25, -0.2) is 0 Å². The molecule has 1 aromatic rings. The Kier molecular flexibility index (Phi) is 4.06. The Morgan fingerprint density at radius 3 is 3.06 bits per heavy atom. The zero-order valence-corrected chi connectivity index (χ0v) is 10.6. The Balaban J connectivity index is 2.12. The summed E-state index contributed by atoms with van der Waals surface area (Å²) in [6, 6.07) is 4.43. The van der Waals surface area contributed by atoms with Crippen LogP contribution in [0.2, 0.25) is 5.02 Å². The van der Waals surface area contributed by atoms with E-state index >= 15 is 0 Å². The van der Waals surface area contributed by atoms with Gasteiger partial charge in [0.15, 0.2) is 0 Å². The number of rotatable bonds is 2. The summed E-state index contributed by atoms with van der Waals surface area (Å²) in [5, 5.41) is 9.49. The van der Waals surface area contributed by atoms with Gasteiger partial charge in [-0.05, 0) is 18.2 Å². The molecule has 2 rings (SSSR count). The lowest BCUT2D eigenvalue weighted by molar-refractivity contribution is -0.0167. The van der Waals surface area contributed by atoms with Crippen molar-refractivity contribution in [2.75, 3.05) is 26.2 Å². The number of ether oxygens (including phenoxy) is 1. The fraction of sp³-hybridized carbons (Fsp3) is 0.417. The van der Waals surface area contributed by atoms with Crippen LogP contribution in [-0.2, 0) is 4.74 Å². The lowest BCUT2D eigenvalue weighted by Crippen LogP contribution is -2.48. The highest BCUT2D eigenvalue weighted by Crippen LogP contribution is 2.24. The number of nitrogens with two attached hydrogens (primary N) is 1. The molecule has 0 saturated carbocycles. The molecule has 1 atom stereocenters. The maximum absolute atomic E-state index is 12.2. The average Bonchev–Trinajstić information content (AvgIpc) is 2.41. The Morgan fingerprint density at radius 2 is 2.39 bits per heavy atom. The van der Waals surface area contributed by atoms with Crippen molar-refractivity contribution < 1.29 is 14.6 Å². The number of carbonyl (C=O) groups is 1. The van der Waals surface area contributed by atoms with Crippen LogP contribution in [-0.4, -0.2) is 48.3 Å². The summed E-state index contributed by atoms with van der Waals surface area (Å²) >= 11 is 5.79. The minimum atomic E-state index is -0.126. The van der Waals surface area contributed by atoms with Crippen molar-refractivity contribution >= 4 is 17.5 Å². The van der Waals surface area contributed by atoms with Crippen LogP contribution in [0.25, 0.3) is 0 Å². The summed E-state index contributed by atoms with van der Waals surface area (Å²) in [5.41, 5.74) is 5.99. The first kappa shape index (κ1) is 13.1. The van der Waals surface area contributed by atoms with E-state index in [0.717, 1.165) is 0 Å². The van der Waals surface area contributed by atoms with Crippen molar-refractivity contribution in [1.82, 2.24) is 4.90 Å². The number of hydrogen-bond acceptors (Lipinski definition) is 4. The van der Waals surface area contributed by atoms with Gasteiger partial charge in [0.1, 0.15) is 5.75 Å². The predicted octanol–water partition coefficient (Wildman–Crippen LogP) is 0.845. The molecule has 98 valence electrons. The third-order valence-electron chi connectivity index (χ3n) is 2.88. The Morgan fingerprint density at radius 1 is 1.61 bits per heavy atom. The van der Waals surface area contributed by atoms with Crippen LogP contribution in [0.3, 0.4) is 0 Å². The van der Waals surface area contributed by atoms with Crippen LogP contribution >= 0.6 is 11.6 Å². The minimum Gasteiger partial charge on any atom is -0.506 e. The number of phenolic OH excluding ortho intramolecular Hbond substituents is 1. The van der Waals surface area contributed by atoms with Gasteiger partial charge in [0, 0.05) is 25.2 Å². The molecule has 3 N–H and O–H groups in total. The van der Waals surface area contributed by atoms with Gasteiger partial charge < -0.3 is 20.5 Å². The van der Waals surface area contributed by atoms with Gasteiger partial charge in [0.25, 0.3) is 5.91 Å². The molecular weight excluding hydrogens is 256 g/mol. The topological polar surface area (TPSA) is 75.8 Å². The third kappa shape index (κ3) is 2.75. The van der Waals surface area contributed by atoms with Crippen molar-refractivity contribution in [3.63, 3.8) is 0 Å². The molecule has 0 aliphatic carbocycles. The van der Waals surface area contributed by atoms with E-state index < -0.39 is 0 Å². The van der Waals surface area contributed by atoms with Crippen molar-refractivity contribution in [1.29, 1.82) is 0 Å². The standard InChI is InChI=1S/C12H15ClN2O3/c13-10-5-8(1-2-11(10)16)12(17)15-3-4-18-9(6-14)7-15/h1-2,5,9,16H,3-4,6-7,14H2. The van der Waals surface area contributed by atoms with E-state index in [1.54, 1.807) is 11.0 Å².